The van der Waals surface area contributed by atoms with Gasteiger partial charge in [-0.05, 0) is 39.5 Å². The number of alkyl halides is 3. The number of rotatable bonds is 5. The van der Waals surface area contributed by atoms with Crippen LogP contribution in [0.25, 0.3) is 11.4 Å². The molecule has 1 saturated carbocycles. The van der Waals surface area contributed by atoms with Crippen LogP contribution in [0.15, 0.2) is 12.4 Å². The largest absolute Gasteiger partial charge is 0.451 e. The van der Waals surface area contributed by atoms with Gasteiger partial charge in [0.1, 0.15) is 5.82 Å². The van der Waals surface area contributed by atoms with Crippen molar-refractivity contribution in [3.05, 3.63) is 24.0 Å². The Morgan fingerprint density at radius 1 is 1.19 bits per heavy atom. The van der Waals surface area contributed by atoms with Crippen LogP contribution in [-0.4, -0.2) is 61.5 Å². The van der Waals surface area contributed by atoms with E-state index < -0.39 is 12.0 Å². The fourth-order valence-corrected chi connectivity index (χ4v) is 4.55. The van der Waals surface area contributed by atoms with Crippen molar-refractivity contribution in [1.29, 1.82) is 0 Å². The van der Waals surface area contributed by atoms with E-state index in [0.717, 1.165) is 63.6 Å². The van der Waals surface area contributed by atoms with E-state index in [1.165, 1.54) is 0 Å². The van der Waals surface area contributed by atoms with Gasteiger partial charge in [-0.2, -0.15) is 18.3 Å². The molecule has 1 saturated heterocycles. The van der Waals surface area contributed by atoms with Gasteiger partial charge in [-0.25, -0.2) is 19.6 Å². The third-order valence-electron chi connectivity index (χ3n) is 6.22. The van der Waals surface area contributed by atoms with Gasteiger partial charge in [0.25, 0.3) is 0 Å². The molecule has 2 aromatic heterocycles. The van der Waals surface area contributed by atoms with Gasteiger partial charge in [0.2, 0.25) is 5.82 Å². The molecule has 0 spiro atoms. The summed E-state index contributed by atoms with van der Waals surface area (Å²) in [4.78, 5) is 14.2. The highest BCUT2D eigenvalue weighted by Crippen LogP contribution is 2.38. The van der Waals surface area contributed by atoms with Crippen molar-refractivity contribution in [3.8, 4) is 11.4 Å². The van der Waals surface area contributed by atoms with Gasteiger partial charge in [0.05, 0.1) is 18.3 Å². The lowest BCUT2D eigenvalue weighted by molar-refractivity contribution is -0.144. The summed E-state index contributed by atoms with van der Waals surface area (Å²) < 4.78 is 46.0. The van der Waals surface area contributed by atoms with Gasteiger partial charge in [-0.1, -0.05) is 6.92 Å². The van der Waals surface area contributed by atoms with Crippen LogP contribution in [0.1, 0.15) is 70.1 Å². The van der Waals surface area contributed by atoms with E-state index in [9.17, 15) is 13.2 Å². The highest BCUT2D eigenvalue weighted by molar-refractivity contribution is 5.51. The van der Waals surface area contributed by atoms with Crippen molar-refractivity contribution in [2.45, 2.75) is 76.7 Å². The van der Waals surface area contributed by atoms with Crippen molar-refractivity contribution in [1.82, 2.24) is 29.6 Å². The Morgan fingerprint density at radius 3 is 2.58 bits per heavy atom. The molecular formula is C21H29F3N6O. The predicted octanol–water partition coefficient (Wildman–Crippen LogP) is 4.08. The van der Waals surface area contributed by atoms with E-state index >= 15 is 0 Å². The SMILES string of the molecule is CC[C@@H]1CN([C@@H]2CC[C@H](c3nc(-c4cnc(C(F)(F)F)nc4)nn3C(C)C)C2)CCO1. The molecule has 0 N–H and O–H groups in total. The zero-order valence-corrected chi connectivity index (χ0v) is 18.1. The summed E-state index contributed by atoms with van der Waals surface area (Å²) in [5.41, 5.74) is 0.391. The van der Waals surface area contributed by atoms with Gasteiger partial charge >= 0.3 is 6.18 Å². The lowest BCUT2D eigenvalue weighted by atomic mass is 10.1. The number of hydrogen-bond donors (Lipinski definition) is 0. The van der Waals surface area contributed by atoms with E-state index in [1.54, 1.807) is 0 Å². The van der Waals surface area contributed by atoms with Crippen LogP contribution < -0.4 is 0 Å². The van der Waals surface area contributed by atoms with Crippen molar-refractivity contribution < 1.29 is 17.9 Å². The highest BCUT2D eigenvalue weighted by atomic mass is 19.4. The molecule has 2 aliphatic rings. The van der Waals surface area contributed by atoms with Crippen LogP contribution in [0.4, 0.5) is 13.2 Å². The maximum Gasteiger partial charge on any atom is 0.451 e. The Kier molecular flexibility index (Phi) is 6.30. The van der Waals surface area contributed by atoms with E-state index in [4.69, 9.17) is 9.72 Å². The lowest BCUT2D eigenvalue weighted by Gasteiger charge is -2.36. The van der Waals surface area contributed by atoms with Gasteiger partial charge in [0, 0.05) is 43.5 Å². The molecule has 2 fully saturated rings. The number of aromatic nitrogens is 5. The smallest absolute Gasteiger partial charge is 0.376 e. The molecule has 1 aliphatic heterocycles. The van der Waals surface area contributed by atoms with Crippen LogP contribution in [0.5, 0.6) is 0 Å². The molecule has 0 radical (unpaired) electrons. The Labute approximate surface area is 180 Å². The Bertz CT molecular complexity index is 882. The molecule has 10 heteroatoms. The second kappa shape index (κ2) is 8.82. The Balaban J connectivity index is 1.53. The second-order valence-corrected chi connectivity index (χ2v) is 8.68. The summed E-state index contributed by atoms with van der Waals surface area (Å²) in [6.45, 7) is 8.93. The monoisotopic (exact) mass is 438 g/mol. The normalized spacial score (nSPS) is 25.5. The summed E-state index contributed by atoms with van der Waals surface area (Å²) in [6.07, 6.45) is 2.18. The van der Waals surface area contributed by atoms with E-state index in [2.05, 4.69) is 26.9 Å². The molecule has 0 aromatic carbocycles. The number of nitrogens with zero attached hydrogens (tertiary/aromatic N) is 6. The van der Waals surface area contributed by atoms with E-state index in [1.807, 2.05) is 18.5 Å². The first-order valence-electron chi connectivity index (χ1n) is 11.0. The molecule has 1 aliphatic carbocycles. The maximum atomic E-state index is 12.8. The zero-order chi connectivity index (χ0) is 22.2. The van der Waals surface area contributed by atoms with E-state index in [-0.39, 0.29) is 12.0 Å². The summed E-state index contributed by atoms with van der Waals surface area (Å²) in [5.74, 6) is 0.382. The predicted molar refractivity (Wildman–Crippen MR) is 108 cm³/mol. The average molecular weight is 438 g/mol. The van der Waals surface area contributed by atoms with Crippen molar-refractivity contribution in [3.63, 3.8) is 0 Å². The van der Waals surface area contributed by atoms with Gasteiger partial charge in [0.15, 0.2) is 5.82 Å². The topological polar surface area (TPSA) is 69.0 Å². The molecule has 0 amide bonds. The van der Waals surface area contributed by atoms with Crippen molar-refractivity contribution in [2.24, 2.45) is 0 Å². The maximum absolute atomic E-state index is 12.8. The first kappa shape index (κ1) is 22.1. The van der Waals surface area contributed by atoms with Crippen molar-refractivity contribution >= 4 is 0 Å². The number of ether oxygens (including phenoxy) is 1. The van der Waals surface area contributed by atoms with Crippen molar-refractivity contribution in [2.75, 3.05) is 19.7 Å². The average Bonchev–Trinajstić information content (AvgIpc) is 3.41. The molecule has 3 heterocycles. The first-order valence-corrected chi connectivity index (χ1v) is 11.0. The zero-order valence-electron chi connectivity index (χ0n) is 18.1. The molecule has 0 bridgehead atoms. The molecule has 0 unspecified atom stereocenters. The minimum atomic E-state index is -4.57. The Hall–Kier alpha value is -2.07. The van der Waals surface area contributed by atoms with E-state index in [0.29, 0.717) is 23.5 Å². The second-order valence-electron chi connectivity index (χ2n) is 8.68. The first-order chi connectivity index (χ1) is 14.8. The summed E-state index contributed by atoms with van der Waals surface area (Å²) in [5, 5.41) is 4.59. The van der Waals surface area contributed by atoms with Crippen LogP contribution in [-0.2, 0) is 10.9 Å². The summed E-state index contributed by atoms with van der Waals surface area (Å²) in [6, 6.07) is 0.594. The van der Waals surface area contributed by atoms with Gasteiger partial charge in [-0.3, -0.25) is 4.90 Å². The third kappa shape index (κ3) is 4.74. The quantitative estimate of drug-likeness (QED) is 0.701. The lowest BCUT2D eigenvalue weighted by Crippen LogP contribution is -2.46. The van der Waals surface area contributed by atoms with Crippen LogP contribution in [0.2, 0.25) is 0 Å². The molecule has 3 atom stereocenters. The number of hydrogen-bond acceptors (Lipinski definition) is 6. The fraction of sp³-hybridized carbons (Fsp3) is 0.714. The van der Waals surface area contributed by atoms with Crippen LogP contribution >= 0.6 is 0 Å². The number of morpholine rings is 1. The standard InChI is InChI=1S/C21H29F3N6O/c1-4-17-12-29(7-8-31-17)16-6-5-14(9-16)19-27-18(28-30(19)13(2)3)15-10-25-20(26-11-15)21(22,23)24/h10-11,13-14,16-17H,4-9,12H2,1-3H3/t14-,16+,17+/m0/s1. The van der Waals surface area contributed by atoms with Crippen LogP contribution in [0, 0.1) is 0 Å². The molecule has 31 heavy (non-hydrogen) atoms. The molecule has 7 nitrogen and oxygen atoms in total. The minimum Gasteiger partial charge on any atom is -0.376 e. The van der Waals surface area contributed by atoms with Gasteiger partial charge < -0.3 is 4.74 Å². The third-order valence-corrected chi connectivity index (χ3v) is 6.22. The summed E-state index contributed by atoms with van der Waals surface area (Å²) >= 11 is 0. The molecule has 170 valence electrons. The molecule has 4 rings (SSSR count). The minimum absolute atomic E-state index is 0.0959. The Morgan fingerprint density at radius 2 is 1.94 bits per heavy atom. The molecule has 2 aromatic rings. The van der Waals surface area contributed by atoms with Crippen LogP contribution in [0.3, 0.4) is 0 Å². The summed E-state index contributed by atoms with van der Waals surface area (Å²) in [7, 11) is 0. The highest BCUT2D eigenvalue weighted by Gasteiger charge is 2.36. The van der Waals surface area contributed by atoms with Gasteiger partial charge in [-0.15, -0.1) is 0 Å². The fourth-order valence-electron chi connectivity index (χ4n) is 4.55. The molecular weight excluding hydrogens is 409 g/mol. The number of halogens is 3.